The van der Waals surface area contributed by atoms with Crippen LogP contribution in [0.4, 0.5) is 4.39 Å². The summed E-state index contributed by atoms with van der Waals surface area (Å²) in [7, 11) is 1.15. The quantitative estimate of drug-likeness (QED) is 0.742. The Bertz CT molecular complexity index is 586. The van der Waals surface area contributed by atoms with Crippen molar-refractivity contribution in [2.45, 2.75) is 6.92 Å². The summed E-state index contributed by atoms with van der Waals surface area (Å²) in [5.74, 6) is -1.74. The first-order chi connectivity index (χ1) is 8.63. The topological polar surface area (TPSA) is 77.9 Å². The molecule has 92 valence electrons. The van der Waals surface area contributed by atoms with E-state index in [1.807, 2.05) is 0 Å². The lowest BCUT2D eigenvalue weighted by molar-refractivity contribution is 0.0588. The highest BCUT2D eigenvalue weighted by Crippen LogP contribution is 2.19. The summed E-state index contributed by atoms with van der Waals surface area (Å²) in [5.41, 5.74) is 0.412. The smallest absolute Gasteiger partial charge is 0.359 e. The minimum atomic E-state index is -0.873. The van der Waals surface area contributed by atoms with Gasteiger partial charge in [-0.05, 0) is 6.92 Å². The lowest BCUT2D eigenvalue weighted by Gasteiger charge is -2.04. The van der Waals surface area contributed by atoms with Gasteiger partial charge in [-0.15, -0.1) is 0 Å². The molecular weight excluding hydrogens is 239 g/mol. The molecule has 0 N–H and O–H groups in total. The molecule has 0 unspecified atom stereocenters. The maximum absolute atomic E-state index is 14.0. The molecule has 0 saturated carbocycles. The van der Waals surface area contributed by atoms with Crippen molar-refractivity contribution >= 4 is 5.97 Å². The third-order valence-corrected chi connectivity index (χ3v) is 2.19. The Hall–Kier alpha value is -2.44. The highest BCUT2D eigenvalue weighted by atomic mass is 19.1. The lowest BCUT2D eigenvalue weighted by atomic mass is 10.2. The Kier molecular flexibility index (Phi) is 3.22. The summed E-state index contributed by atoms with van der Waals surface area (Å²) in [4.78, 5) is 26.6. The van der Waals surface area contributed by atoms with Crippen LogP contribution in [0.2, 0.25) is 0 Å². The van der Waals surface area contributed by atoms with Crippen LogP contribution in [0.15, 0.2) is 18.7 Å². The monoisotopic (exact) mass is 248 g/mol. The number of carbonyl (C=O) groups excluding carboxylic acids is 1. The zero-order chi connectivity index (χ0) is 13.1. The van der Waals surface area contributed by atoms with E-state index in [4.69, 9.17) is 0 Å². The van der Waals surface area contributed by atoms with Crippen LogP contribution in [-0.4, -0.2) is 33.0 Å². The van der Waals surface area contributed by atoms with E-state index in [0.29, 0.717) is 5.69 Å². The number of aromatic nitrogens is 4. The molecule has 0 radical (unpaired) electrons. The second-order valence-electron chi connectivity index (χ2n) is 3.42. The lowest BCUT2D eigenvalue weighted by Crippen LogP contribution is -2.10. The van der Waals surface area contributed by atoms with Crippen LogP contribution in [0.5, 0.6) is 0 Å². The van der Waals surface area contributed by atoms with Crippen LogP contribution < -0.4 is 0 Å². The van der Waals surface area contributed by atoms with Crippen molar-refractivity contribution in [3.63, 3.8) is 0 Å². The molecule has 0 atom stereocenters. The summed E-state index contributed by atoms with van der Waals surface area (Å²) in [6, 6.07) is 0. The van der Waals surface area contributed by atoms with Crippen LogP contribution in [0, 0.1) is 12.7 Å². The van der Waals surface area contributed by atoms with E-state index < -0.39 is 17.5 Å². The average molecular weight is 248 g/mol. The van der Waals surface area contributed by atoms with Crippen molar-refractivity contribution in [1.82, 2.24) is 19.9 Å². The second-order valence-corrected chi connectivity index (χ2v) is 3.42. The van der Waals surface area contributed by atoms with Crippen molar-refractivity contribution in [2.24, 2.45) is 0 Å². The highest BCUT2D eigenvalue weighted by Gasteiger charge is 2.20. The molecule has 0 aliphatic rings. The van der Waals surface area contributed by atoms with Crippen LogP contribution >= 0.6 is 0 Å². The molecule has 0 spiro atoms. The van der Waals surface area contributed by atoms with Crippen LogP contribution in [0.25, 0.3) is 11.4 Å². The van der Waals surface area contributed by atoms with E-state index in [9.17, 15) is 9.18 Å². The predicted molar refractivity (Wildman–Crippen MR) is 59.1 cm³/mol. The van der Waals surface area contributed by atoms with Gasteiger partial charge in [0.15, 0.2) is 11.5 Å². The van der Waals surface area contributed by atoms with Crippen LogP contribution in [0.3, 0.4) is 0 Å². The van der Waals surface area contributed by atoms with Crippen molar-refractivity contribution in [3.05, 3.63) is 35.9 Å². The van der Waals surface area contributed by atoms with Crippen molar-refractivity contribution in [3.8, 4) is 11.4 Å². The first-order valence-electron chi connectivity index (χ1n) is 5.01. The Morgan fingerprint density at radius 3 is 2.61 bits per heavy atom. The van der Waals surface area contributed by atoms with E-state index in [1.165, 1.54) is 12.4 Å². The molecule has 0 amide bonds. The van der Waals surface area contributed by atoms with Gasteiger partial charge in [-0.25, -0.2) is 19.2 Å². The maximum atomic E-state index is 14.0. The number of rotatable bonds is 2. The summed E-state index contributed by atoms with van der Waals surface area (Å²) >= 11 is 0. The number of hydrogen-bond acceptors (Lipinski definition) is 6. The van der Waals surface area contributed by atoms with Gasteiger partial charge in [-0.3, -0.25) is 9.97 Å². The van der Waals surface area contributed by atoms with Gasteiger partial charge in [-0.2, -0.15) is 0 Å². The molecule has 0 bridgehead atoms. The number of aryl methyl sites for hydroxylation is 1. The number of ether oxygens (including phenoxy) is 1. The van der Waals surface area contributed by atoms with Gasteiger partial charge >= 0.3 is 5.97 Å². The minimum Gasteiger partial charge on any atom is -0.464 e. The van der Waals surface area contributed by atoms with E-state index in [2.05, 4.69) is 24.7 Å². The molecule has 2 aromatic heterocycles. The van der Waals surface area contributed by atoms with Crippen molar-refractivity contribution in [2.75, 3.05) is 7.11 Å². The average Bonchev–Trinajstić information content (AvgIpc) is 2.39. The minimum absolute atomic E-state index is 0.0853. The van der Waals surface area contributed by atoms with Crippen molar-refractivity contribution in [1.29, 1.82) is 0 Å². The first-order valence-corrected chi connectivity index (χ1v) is 5.01. The zero-order valence-corrected chi connectivity index (χ0v) is 9.72. The molecule has 0 saturated heterocycles. The molecule has 0 fully saturated rings. The first kappa shape index (κ1) is 12.0. The summed E-state index contributed by atoms with van der Waals surface area (Å²) in [5, 5.41) is 0. The fourth-order valence-corrected chi connectivity index (χ4v) is 1.30. The van der Waals surface area contributed by atoms with E-state index >= 15 is 0 Å². The van der Waals surface area contributed by atoms with E-state index in [-0.39, 0.29) is 11.4 Å². The predicted octanol–water partition coefficient (Wildman–Crippen LogP) is 1.17. The molecular formula is C11H9FN4O2. The van der Waals surface area contributed by atoms with Gasteiger partial charge in [0.2, 0.25) is 0 Å². The number of halogens is 1. The molecule has 6 nitrogen and oxygen atoms in total. The van der Waals surface area contributed by atoms with Gasteiger partial charge in [0.05, 0.1) is 19.0 Å². The standard InChI is InChI=1S/C11H9FN4O2/c1-6-3-14-7(4-13-6)9-8(12)10(11(17)18-2)16-5-15-9/h3-5H,1-2H3. The van der Waals surface area contributed by atoms with Crippen LogP contribution in [0.1, 0.15) is 16.2 Å². The second kappa shape index (κ2) is 4.82. The fourth-order valence-electron chi connectivity index (χ4n) is 1.30. The van der Waals surface area contributed by atoms with Gasteiger partial charge in [0.25, 0.3) is 0 Å². The number of esters is 1. The van der Waals surface area contributed by atoms with Gasteiger partial charge < -0.3 is 4.74 Å². The Morgan fingerprint density at radius 2 is 2.00 bits per heavy atom. The summed E-state index contributed by atoms with van der Waals surface area (Å²) in [6.07, 6.45) is 3.93. The Labute approximate surface area is 102 Å². The largest absolute Gasteiger partial charge is 0.464 e. The zero-order valence-electron chi connectivity index (χ0n) is 9.72. The van der Waals surface area contributed by atoms with Gasteiger partial charge in [-0.1, -0.05) is 0 Å². The van der Waals surface area contributed by atoms with E-state index in [0.717, 1.165) is 13.4 Å². The number of nitrogens with zero attached hydrogens (tertiary/aromatic N) is 4. The molecule has 2 heterocycles. The third-order valence-electron chi connectivity index (χ3n) is 2.19. The normalized spacial score (nSPS) is 10.2. The SMILES string of the molecule is COC(=O)c1ncnc(-c2cnc(C)cn2)c1F. The van der Waals surface area contributed by atoms with E-state index in [1.54, 1.807) is 6.92 Å². The molecule has 0 aliphatic heterocycles. The maximum Gasteiger partial charge on any atom is 0.359 e. The molecule has 18 heavy (non-hydrogen) atoms. The van der Waals surface area contributed by atoms with Gasteiger partial charge in [0.1, 0.15) is 17.7 Å². The highest BCUT2D eigenvalue weighted by molar-refractivity contribution is 5.88. The van der Waals surface area contributed by atoms with Crippen LogP contribution in [-0.2, 0) is 4.74 Å². The number of methoxy groups -OCH3 is 1. The molecule has 2 aromatic rings. The molecule has 7 heteroatoms. The summed E-state index contributed by atoms with van der Waals surface area (Å²) in [6.45, 7) is 1.76. The molecule has 0 aromatic carbocycles. The summed E-state index contributed by atoms with van der Waals surface area (Å²) < 4.78 is 18.4. The van der Waals surface area contributed by atoms with Gasteiger partial charge in [0, 0.05) is 6.20 Å². The number of carbonyl (C=O) groups is 1. The van der Waals surface area contributed by atoms with Crippen molar-refractivity contribution < 1.29 is 13.9 Å². The Morgan fingerprint density at radius 1 is 1.22 bits per heavy atom. The fraction of sp³-hybridized carbons (Fsp3) is 0.182. The molecule has 2 rings (SSSR count). The Balaban J connectivity index is 2.52. The number of hydrogen-bond donors (Lipinski definition) is 0. The molecule has 0 aliphatic carbocycles. The third kappa shape index (κ3) is 2.15.